The standard InChI is InChI=1S/C25H28N4O3/c1-18-26-16-24(32-18)22-8-7-21(15-23(22)31-2)27-11-13-28(14-12-27)25(30)29-10-9-19-5-3-4-6-20(19)17-29/h3-8,15-16H,9-14,17H2,1-2H3. The van der Waals surface area contributed by atoms with E-state index in [0.29, 0.717) is 31.3 Å². The molecule has 0 spiro atoms. The summed E-state index contributed by atoms with van der Waals surface area (Å²) < 4.78 is 11.3. The van der Waals surface area contributed by atoms with Crippen LogP contribution < -0.4 is 9.64 Å². The Morgan fingerprint density at radius 1 is 1.00 bits per heavy atom. The van der Waals surface area contributed by atoms with Crippen molar-refractivity contribution in [3.8, 4) is 17.1 Å². The minimum absolute atomic E-state index is 0.146. The Labute approximate surface area is 188 Å². The summed E-state index contributed by atoms with van der Waals surface area (Å²) in [6.07, 6.45) is 2.65. The van der Waals surface area contributed by atoms with Gasteiger partial charge in [-0.2, -0.15) is 0 Å². The molecule has 2 aliphatic rings. The lowest BCUT2D eigenvalue weighted by molar-refractivity contribution is 0.145. The van der Waals surface area contributed by atoms with Gasteiger partial charge in [-0.05, 0) is 29.7 Å². The van der Waals surface area contributed by atoms with Crippen LogP contribution in [0.15, 0.2) is 53.1 Å². The van der Waals surface area contributed by atoms with Crippen LogP contribution in [-0.4, -0.2) is 60.6 Å². The molecule has 0 saturated carbocycles. The molecule has 1 aromatic heterocycles. The molecule has 1 fully saturated rings. The van der Waals surface area contributed by atoms with E-state index in [1.165, 1.54) is 11.1 Å². The van der Waals surface area contributed by atoms with Crippen LogP contribution in [0.1, 0.15) is 17.0 Å². The highest BCUT2D eigenvalue weighted by Gasteiger charge is 2.28. The number of aromatic nitrogens is 1. The number of nitrogens with zero attached hydrogens (tertiary/aromatic N) is 4. The molecule has 5 rings (SSSR count). The quantitative estimate of drug-likeness (QED) is 0.627. The molecule has 0 radical (unpaired) electrons. The number of rotatable bonds is 3. The summed E-state index contributed by atoms with van der Waals surface area (Å²) in [5.41, 5.74) is 4.59. The van der Waals surface area contributed by atoms with Crippen molar-refractivity contribution >= 4 is 11.7 Å². The van der Waals surface area contributed by atoms with Crippen molar-refractivity contribution in [2.75, 3.05) is 44.7 Å². The van der Waals surface area contributed by atoms with Crippen LogP contribution in [0.5, 0.6) is 5.75 Å². The fraction of sp³-hybridized carbons (Fsp3) is 0.360. The van der Waals surface area contributed by atoms with Crippen molar-refractivity contribution in [2.24, 2.45) is 0 Å². The van der Waals surface area contributed by atoms with Gasteiger partial charge in [0, 0.05) is 57.9 Å². The molecule has 0 N–H and O–H groups in total. The molecule has 166 valence electrons. The molecule has 2 aromatic carbocycles. The third-order valence-electron chi connectivity index (χ3n) is 6.39. The molecule has 0 bridgehead atoms. The zero-order valence-corrected chi connectivity index (χ0v) is 18.6. The lowest BCUT2D eigenvalue weighted by Crippen LogP contribution is -2.53. The van der Waals surface area contributed by atoms with E-state index in [-0.39, 0.29) is 6.03 Å². The van der Waals surface area contributed by atoms with Gasteiger partial charge in [-0.3, -0.25) is 0 Å². The lowest BCUT2D eigenvalue weighted by atomic mass is 10.0. The summed E-state index contributed by atoms with van der Waals surface area (Å²) in [6.45, 7) is 6.32. The fourth-order valence-corrected chi connectivity index (χ4v) is 4.58. The van der Waals surface area contributed by atoms with Crippen molar-refractivity contribution in [2.45, 2.75) is 19.9 Å². The van der Waals surface area contributed by atoms with E-state index in [0.717, 1.165) is 43.1 Å². The van der Waals surface area contributed by atoms with Crippen LogP contribution in [0.4, 0.5) is 10.5 Å². The summed E-state index contributed by atoms with van der Waals surface area (Å²) in [6, 6.07) is 14.7. The number of hydrogen-bond acceptors (Lipinski definition) is 5. The second kappa shape index (κ2) is 8.57. The van der Waals surface area contributed by atoms with Crippen molar-refractivity contribution < 1.29 is 13.9 Å². The molecule has 0 unspecified atom stereocenters. The zero-order chi connectivity index (χ0) is 22.1. The second-order valence-electron chi connectivity index (χ2n) is 8.33. The van der Waals surface area contributed by atoms with Crippen LogP contribution in [-0.2, 0) is 13.0 Å². The molecule has 2 aliphatic heterocycles. The molecule has 1 saturated heterocycles. The molecular formula is C25H28N4O3. The number of ether oxygens (including phenoxy) is 1. The van der Waals surface area contributed by atoms with Crippen LogP contribution >= 0.6 is 0 Å². The number of piperazine rings is 1. The summed E-state index contributed by atoms with van der Waals surface area (Å²) in [7, 11) is 1.67. The Hall–Kier alpha value is -3.48. The molecule has 32 heavy (non-hydrogen) atoms. The van der Waals surface area contributed by atoms with Crippen LogP contribution in [0.3, 0.4) is 0 Å². The third-order valence-corrected chi connectivity index (χ3v) is 6.39. The number of hydrogen-bond donors (Lipinski definition) is 0. The number of amides is 2. The van der Waals surface area contributed by atoms with E-state index >= 15 is 0 Å². The Kier molecular flexibility index (Phi) is 5.47. The average Bonchev–Trinajstić information content (AvgIpc) is 3.29. The Morgan fingerprint density at radius 3 is 2.50 bits per heavy atom. The third kappa shape index (κ3) is 3.90. The van der Waals surface area contributed by atoms with E-state index in [2.05, 4.69) is 40.2 Å². The second-order valence-corrected chi connectivity index (χ2v) is 8.33. The maximum absolute atomic E-state index is 13.1. The van der Waals surface area contributed by atoms with Crippen molar-refractivity contribution in [3.05, 3.63) is 65.7 Å². The maximum atomic E-state index is 13.1. The average molecular weight is 433 g/mol. The number of carbonyl (C=O) groups excluding carboxylic acids is 1. The van der Waals surface area contributed by atoms with Gasteiger partial charge in [0.15, 0.2) is 11.7 Å². The molecule has 0 atom stereocenters. The predicted molar refractivity (Wildman–Crippen MR) is 123 cm³/mol. The summed E-state index contributed by atoms with van der Waals surface area (Å²) in [5.74, 6) is 2.08. The topological polar surface area (TPSA) is 62.1 Å². The number of methoxy groups -OCH3 is 1. The zero-order valence-electron chi connectivity index (χ0n) is 18.6. The maximum Gasteiger partial charge on any atom is 0.320 e. The van der Waals surface area contributed by atoms with Crippen molar-refractivity contribution in [1.29, 1.82) is 0 Å². The fourth-order valence-electron chi connectivity index (χ4n) is 4.58. The highest BCUT2D eigenvalue weighted by Crippen LogP contribution is 2.34. The first-order valence-electron chi connectivity index (χ1n) is 11.1. The molecule has 3 aromatic rings. The Balaban J connectivity index is 1.23. The van der Waals surface area contributed by atoms with E-state index in [1.54, 1.807) is 13.3 Å². The largest absolute Gasteiger partial charge is 0.496 e. The minimum atomic E-state index is 0.146. The van der Waals surface area contributed by atoms with Gasteiger partial charge >= 0.3 is 6.03 Å². The first-order valence-corrected chi connectivity index (χ1v) is 11.1. The van der Waals surface area contributed by atoms with Gasteiger partial charge in [0.05, 0.1) is 18.9 Å². The van der Waals surface area contributed by atoms with E-state index in [9.17, 15) is 4.79 Å². The predicted octanol–water partition coefficient (Wildman–Crippen LogP) is 3.96. The molecule has 3 heterocycles. The van der Waals surface area contributed by atoms with Gasteiger partial charge < -0.3 is 23.9 Å². The normalized spacial score (nSPS) is 16.1. The number of benzene rings is 2. The molecular weight excluding hydrogens is 404 g/mol. The number of carbonyl (C=O) groups is 1. The van der Waals surface area contributed by atoms with Crippen molar-refractivity contribution in [3.63, 3.8) is 0 Å². The molecule has 2 amide bonds. The van der Waals surface area contributed by atoms with Gasteiger partial charge in [-0.25, -0.2) is 9.78 Å². The Bertz CT molecular complexity index is 1120. The van der Waals surface area contributed by atoms with Crippen LogP contribution in [0.2, 0.25) is 0 Å². The summed E-state index contributed by atoms with van der Waals surface area (Å²) in [4.78, 5) is 23.5. The highest BCUT2D eigenvalue weighted by molar-refractivity contribution is 5.75. The smallest absolute Gasteiger partial charge is 0.320 e. The SMILES string of the molecule is COc1cc(N2CCN(C(=O)N3CCc4ccccc4C3)CC2)ccc1-c1cnc(C)o1. The van der Waals surface area contributed by atoms with Gasteiger partial charge in [0.25, 0.3) is 0 Å². The van der Waals surface area contributed by atoms with Crippen LogP contribution in [0, 0.1) is 6.92 Å². The number of anilines is 1. The van der Waals surface area contributed by atoms with Crippen molar-refractivity contribution in [1.82, 2.24) is 14.8 Å². The van der Waals surface area contributed by atoms with Gasteiger partial charge in [0.1, 0.15) is 5.75 Å². The monoisotopic (exact) mass is 432 g/mol. The van der Waals surface area contributed by atoms with E-state index in [1.807, 2.05) is 28.9 Å². The first-order chi connectivity index (χ1) is 15.6. The minimum Gasteiger partial charge on any atom is -0.496 e. The Morgan fingerprint density at radius 2 is 1.78 bits per heavy atom. The van der Waals surface area contributed by atoms with Gasteiger partial charge in [-0.1, -0.05) is 24.3 Å². The van der Waals surface area contributed by atoms with Gasteiger partial charge in [0.2, 0.25) is 0 Å². The molecule has 7 heteroatoms. The van der Waals surface area contributed by atoms with E-state index in [4.69, 9.17) is 9.15 Å². The van der Waals surface area contributed by atoms with Gasteiger partial charge in [-0.15, -0.1) is 0 Å². The highest BCUT2D eigenvalue weighted by atomic mass is 16.5. The number of aryl methyl sites for hydroxylation is 1. The first kappa shape index (κ1) is 20.4. The number of urea groups is 1. The summed E-state index contributed by atoms with van der Waals surface area (Å²) in [5, 5.41) is 0. The summed E-state index contributed by atoms with van der Waals surface area (Å²) >= 11 is 0. The number of fused-ring (bicyclic) bond motifs is 1. The van der Waals surface area contributed by atoms with Crippen LogP contribution in [0.25, 0.3) is 11.3 Å². The molecule has 0 aliphatic carbocycles. The van der Waals surface area contributed by atoms with E-state index < -0.39 is 0 Å². The lowest BCUT2D eigenvalue weighted by Gasteiger charge is -2.39. The molecule has 7 nitrogen and oxygen atoms in total. The number of oxazole rings is 1.